The van der Waals surface area contributed by atoms with Crippen LogP contribution in [0.15, 0.2) is 48.5 Å². The maximum atomic E-state index is 13.1. The van der Waals surface area contributed by atoms with Crippen LogP contribution in [-0.4, -0.2) is 49.7 Å². The van der Waals surface area contributed by atoms with Crippen LogP contribution in [0.1, 0.15) is 24.0 Å². The molecule has 0 bridgehead atoms. The molecule has 0 saturated carbocycles. The number of benzene rings is 2. The molecule has 1 saturated heterocycles. The molecule has 0 aliphatic carbocycles. The molecule has 1 aliphatic rings. The maximum Gasteiger partial charge on any atom is 0.410 e. The monoisotopic (exact) mass is 411 g/mol. The van der Waals surface area contributed by atoms with Crippen molar-refractivity contribution in [1.82, 2.24) is 10.2 Å². The highest BCUT2D eigenvalue weighted by Gasteiger charge is 2.41. The van der Waals surface area contributed by atoms with Gasteiger partial charge < -0.3 is 25.0 Å². The number of nitrogens with one attached hydrogen (secondary N) is 2. The fourth-order valence-electron chi connectivity index (χ4n) is 3.62. The summed E-state index contributed by atoms with van der Waals surface area (Å²) in [6, 6.07) is 15.1. The number of hydrogen-bond acceptors (Lipinski definition) is 5. The molecule has 0 spiro atoms. The third-order valence-corrected chi connectivity index (χ3v) is 5.68. The van der Waals surface area contributed by atoms with Crippen LogP contribution in [0.4, 0.5) is 10.5 Å². The zero-order valence-corrected chi connectivity index (χ0v) is 17.7. The topological polar surface area (TPSA) is 79.9 Å². The third-order valence-electron chi connectivity index (χ3n) is 5.68. The molecule has 2 amide bonds. The van der Waals surface area contributed by atoms with Gasteiger partial charge in [0.05, 0.1) is 7.11 Å². The van der Waals surface area contributed by atoms with E-state index in [0.717, 1.165) is 22.6 Å². The van der Waals surface area contributed by atoms with E-state index in [1.54, 1.807) is 19.1 Å². The lowest BCUT2D eigenvalue weighted by atomic mass is 9.86. The number of ether oxygens (including phenoxy) is 2. The van der Waals surface area contributed by atoms with Gasteiger partial charge in [-0.3, -0.25) is 4.79 Å². The second kappa shape index (κ2) is 9.63. The van der Waals surface area contributed by atoms with Crippen molar-refractivity contribution in [3.63, 3.8) is 0 Å². The molecule has 2 N–H and O–H groups in total. The number of aryl methyl sites for hydroxylation is 1. The van der Waals surface area contributed by atoms with Crippen LogP contribution < -0.4 is 15.4 Å². The standard InChI is InChI=1S/C23H29N3O4/c1-17-15-19(29-3)9-10-20(17)25-21(27)23(24-2)11-13-26(14-12-23)22(28)30-16-18-7-5-4-6-8-18/h4-10,15,24H,11-14,16H2,1-3H3,(H,25,27). The summed E-state index contributed by atoms with van der Waals surface area (Å²) in [7, 11) is 3.39. The Morgan fingerprint density at radius 3 is 2.40 bits per heavy atom. The van der Waals surface area contributed by atoms with Gasteiger partial charge >= 0.3 is 6.09 Å². The molecule has 160 valence electrons. The van der Waals surface area contributed by atoms with Gasteiger partial charge in [0.2, 0.25) is 5.91 Å². The van der Waals surface area contributed by atoms with Crippen molar-refractivity contribution >= 4 is 17.7 Å². The summed E-state index contributed by atoms with van der Waals surface area (Å²) in [6.07, 6.45) is 0.658. The number of nitrogens with zero attached hydrogens (tertiary/aromatic N) is 1. The highest BCUT2D eigenvalue weighted by atomic mass is 16.6. The quantitative estimate of drug-likeness (QED) is 0.762. The Bertz CT molecular complexity index is 877. The number of methoxy groups -OCH3 is 1. The lowest BCUT2D eigenvalue weighted by Crippen LogP contribution is -2.59. The molecule has 2 aromatic rings. The first-order valence-electron chi connectivity index (χ1n) is 10.1. The summed E-state index contributed by atoms with van der Waals surface area (Å²) < 4.78 is 10.6. The number of rotatable bonds is 6. The lowest BCUT2D eigenvalue weighted by molar-refractivity contribution is -0.124. The lowest BCUT2D eigenvalue weighted by Gasteiger charge is -2.40. The smallest absolute Gasteiger partial charge is 0.410 e. The van der Waals surface area contributed by atoms with Crippen molar-refractivity contribution in [3.8, 4) is 5.75 Å². The van der Waals surface area contributed by atoms with Crippen LogP contribution in [0, 0.1) is 6.92 Å². The summed E-state index contributed by atoms with van der Waals surface area (Å²) in [4.78, 5) is 27.1. The van der Waals surface area contributed by atoms with Gasteiger partial charge in [0.15, 0.2) is 0 Å². The first kappa shape index (κ1) is 21.6. The first-order valence-corrected chi connectivity index (χ1v) is 10.1. The van der Waals surface area contributed by atoms with Gasteiger partial charge in [0.1, 0.15) is 17.9 Å². The molecule has 3 rings (SSSR count). The zero-order valence-electron chi connectivity index (χ0n) is 17.7. The first-order chi connectivity index (χ1) is 14.5. The van der Waals surface area contributed by atoms with Gasteiger partial charge in [0, 0.05) is 18.8 Å². The second-order valence-corrected chi connectivity index (χ2v) is 7.49. The van der Waals surface area contributed by atoms with E-state index < -0.39 is 5.54 Å². The Kier molecular flexibility index (Phi) is 6.95. The predicted octanol–water partition coefficient (Wildman–Crippen LogP) is 3.33. The molecule has 30 heavy (non-hydrogen) atoms. The molecule has 1 fully saturated rings. The maximum absolute atomic E-state index is 13.1. The van der Waals surface area contributed by atoms with E-state index in [1.165, 1.54) is 0 Å². The molecule has 7 nitrogen and oxygen atoms in total. The van der Waals surface area contributed by atoms with Crippen molar-refractivity contribution < 1.29 is 19.1 Å². The van der Waals surface area contributed by atoms with E-state index in [-0.39, 0.29) is 18.6 Å². The summed E-state index contributed by atoms with van der Waals surface area (Å²) in [6.45, 7) is 3.06. The van der Waals surface area contributed by atoms with Crippen molar-refractivity contribution in [2.75, 3.05) is 32.6 Å². The zero-order chi connectivity index (χ0) is 21.6. The van der Waals surface area contributed by atoms with Gasteiger partial charge in [0.25, 0.3) is 0 Å². The average molecular weight is 412 g/mol. The van der Waals surface area contributed by atoms with E-state index in [2.05, 4.69) is 10.6 Å². The van der Waals surface area contributed by atoms with Crippen LogP contribution in [0.5, 0.6) is 5.75 Å². The number of likely N-dealkylation sites (N-methyl/N-ethyl adjacent to an activating group) is 1. The van der Waals surface area contributed by atoms with E-state index in [4.69, 9.17) is 9.47 Å². The molecule has 1 aliphatic heterocycles. The molecule has 0 radical (unpaired) electrons. The molecule has 0 unspecified atom stereocenters. The Labute approximate surface area is 177 Å². The number of hydrogen-bond donors (Lipinski definition) is 2. The number of piperidine rings is 1. The Balaban J connectivity index is 1.57. The highest BCUT2D eigenvalue weighted by molar-refractivity contribution is 5.99. The average Bonchev–Trinajstić information content (AvgIpc) is 2.79. The molecule has 7 heteroatoms. The van der Waals surface area contributed by atoms with E-state index >= 15 is 0 Å². The number of anilines is 1. The number of carbonyl (C=O) groups excluding carboxylic acids is 2. The van der Waals surface area contributed by atoms with E-state index in [1.807, 2.05) is 55.5 Å². The number of likely N-dealkylation sites (tertiary alicyclic amines) is 1. The third kappa shape index (κ3) is 4.91. The molecule has 0 aromatic heterocycles. The SMILES string of the molecule is CNC1(C(=O)Nc2ccc(OC)cc2C)CCN(C(=O)OCc2ccccc2)CC1. The van der Waals surface area contributed by atoms with Gasteiger partial charge in [-0.2, -0.15) is 0 Å². The number of amides is 2. The van der Waals surface area contributed by atoms with Crippen LogP contribution >= 0.6 is 0 Å². The van der Waals surface area contributed by atoms with Crippen molar-refractivity contribution in [2.24, 2.45) is 0 Å². The summed E-state index contributed by atoms with van der Waals surface area (Å²) >= 11 is 0. The number of carbonyl (C=O) groups is 2. The van der Waals surface area contributed by atoms with Gasteiger partial charge in [-0.1, -0.05) is 30.3 Å². The van der Waals surface area contributed by atoms with Crippen LogP contribution in [0.2, 0.25) is 0 Å². The molecule has 2 aromatic carbocycles. The molecular formula is C23H29N3O4. The van der Waals surface area contributed by atoms with Crippen molar-refractivity contribution in [2.45, 2.75) is 31.9 Å². The van der Waals surface area contributed by atoms with Crippen LogP contribution in [0.25, 0.3) is 0 Å². The van der Waals surface area contributed by atoms with Crippen LogP contribution in [-0.2, 0) is 16.1 Å². The Hall–Kier alpha value is -3.06. The minimum atomic E-state index is -0.734. The predicted molar refractivity (Wildman–Crippen MR) is 116 cm³/mol. The van der Waals surface area contributed by atoms with Gasteiger partial charge in [-0.25, -0.2) is 4.79 Å². The second-order valence-electron chi connectivity index (χ2n) is 7.49. The van der Waals surface area contributed by atoms with Gasteiger partial charge in [-0.05, 0) is 56.1 Å². The van der Waals surface area contributed by atoms with Gasteiger partial charge in [-0.15, -0.1) is 0 Å². The fraction of sp³-hybridized carbons (Fsp3) is 0.391. The highest BCUT2D eigenvalue weighted by Crippen LogP contribution is 2.27. The minimum Gasteiger partial charge on any atom is -0.497 e. The molecular weight excluding hydrogens is 382 g/mol. The van der Waals surface area contributed by atoms with E-state index in [9.17, 15) is 9.59 Å². The molecule has 1 heterocycles. The summed E-state index contributed by atoms with van der Waals surface area (Å²) in [5.41, 5.74) is 1.89. The fourth-order valence-corrected chi connectivity index (χ4v) is 3.62. The van der Waals surface area contributed by atoms with E-state index in [0.29, 0.717) is 25.9 Å². The Morgan fingerprint density at radius 2 is 1.80 bits per heavy atom. The minimum absolute atomic E-state index is 0.101. The van der Waals surface area contributed by atoms with Crippen LogP contribution in [0.3, 0.4) is 0 Å². The van der Waals surface area contributed by atoms with Crippen molar-refractivity contribution in [1.29, 1.82) is 0 Å². The summed E-state index contributed by atoms with van der Waals surface area (Å²) in [5, 5.41) is 6.20. The molecule has 0 atom stereocenters. The summed E-state index contributed by atoms with van der Waals surface area (Å²) in [5.74, 6) is 0.645. The normalized spacial score (nSPS) is 15.4. The van der Waals surface area contributed by atoms with Crippen molar-refractivity contribution in [3.05, 3.63) is 59.7 Å². The Morgan fingerprint density at radius 1 is 1.10 bits per heavy atom. The largest absolute Gasteiger partial charge is 0.497 e.